The Hall–Kier alpha value is -7.16. The summed E-state index contributed by atoms with van der Waals surface area (Å²) in [6.45, 7) is 0. The van der Waals surface area contributed by atoms with Crippen molar-refractivity contribution in [1.82, 2.24) is 4.57 Å². The summed E-state index contributed by atoms with van der Waals surface area (Å²) in [5, 5.41) is 12.4. The van der Waals surface area contributed by atoms with Gasteiger partial charge < -0.3 is 9.47 Å². The van der Waals surface area contributed by atoms with Crippen molar-refractivity contribution in [2.75, 3.05) is 4.90 Å². The molecule has 11 aromatic rings. The van der Waals surface area contributed by atoms with E-state index in [0.29, 0.717) is 0 Å². The van der Waals surface area contributed by atoms with E-state index in [-0.39, 0.29) is 0 Å². The van der Waals surface area contributed by atoms with Gasteiger partial charge in [0.2, 0.25) is 0 Å². The first-order valence-electron chi connectivity index (χ1n) is 18.6. The molecule has 0 N–H and O–H groups in total. The van der Waals surface area contributed by atoms with Gasteiger partial charge in [-0.05, 0) is 92.0 Å². The summed E-state index contributed by atoms with van der Waals surface area (Å²) in [5.41, 5.74) is 9.36. The Kier molecular flexibility index (Phi) is 6.90. The average molecular weight is 687 g/mol. The minimum absolute atomic E-state index is 1.11. The molecule has 0 radical (unpaired) electrons. The highest BCUT2D eigenvalue weighted by atomic mass is 15.1. The van der Waals surface area contributed by atoms with Crippen LogP contribution < -0.4 is 4.90 Å². The number of fused-ring (bicyclic) bond motifs is 9. The lowest BCUT2D eigenvalue weighted by Gasteiger charge is -2.29. The highest BCUT2D eigenvalue weighted by molar-refractivity contribution is 6.25. The molecule has 1 heterocycles. The van der Waals surface area contributed by atoms with Gasteiger partial charge in [0.15, 0.2) is 0 Å². The lowest BCUT2D eigenvalue weighted by Crippen LogP contribution is -2.11. The minimum Gasteiger partial charge on any atom is -0.309 e. The molecule has 1 aromatic heterocycles. The Morgan fingerprint density at radius 2 is 0.944 bits per heavy atom. The minimum atomic E-state index is 1.11. The average Bonchev–Trinajstić information content (AvgIpc) is 3.59. The standard InChI is InChI=1S/C52H34N2/c1-2-20-39(21-3-1)53-48-30-14-28-44(52(48)51-43-25-9-5-16-36(43)31-32-49(51)53)37-19-12-22-40(33-37)54(47-29-13-18-35-15-4-8-24-42(35)47)50-34-38-17-6-7-23-41(38)45-26-10-11-27-46(45)50/h1-34H. The number of para-hydroxylation sites is 1. The van der Waals surface area contributed by atoms with E-state index >= 15 is 0 Å². The molecule has 54 heavy (non-hydrogen) atoms. The van der Waals surface area contributed by atoms with Gasteiger partial charge in [0.25, 0.3) is 0 Å². The van der Waals surface area contributed by atoms with E-state index in [1.807, 2.05) is 0 Å². The van der Waals surface area contributed by atoms with E-state index in [0.717, 1.165) is 22.7 Å². The Bertz CT molecular complexity index is 3220. The summed E-state index contributed by atoms with van der Waals surface area (Å²) in [5.74, 6) is 0. The summed E-state index contributed by atoms with van der Waals surface area (Å²) in [6, 6.07) is 75.3. The van der Waals surface area contributed by atoms with Crippen molar-refractivity contribution in [3.8, 4) is 16.8 Å². The van der Waals surface area contributed by atoms with Gasteiger partial charge in [0.05, 0.1) is 22.4 Å². The van der Waals surface area contributed by atoms with Gasteiger partial charge in [-0.15, -0.1) is 0 Å². The van der Waals surface area contributed by atoms with Gasteiger partial charge in [-0.25, -0.2) is 0 Å². The van der Waals surface area contributed by atoms with Crippen molar-refractivity contribution < 1.29 is 0 Å². The van der Waals surface area contributed by atoms with Crippen molar-refractivity contribution in [1.29, 1.82) is 0 Å². The first-order chi connectivity index (χ1) is 26.8. The molecule has 0 aliphatic rings. The number of aromatic nitrogens is 1. The third kappa shape index (κ3) is 4.67. The van der Waals surface area contributed by atoms with Crippen LogP contribution in [0.3, 0.4) is 0 Å². The van der Waals surface area contributed by atoms with Gasteiger partial charge >= 0.3 is 0 Å². The fraction of sp³-hybridized carbons (Fsp3) is 0. The molecule has 0 unspecified atom stereocenters. The lowest BCUT2D eigenvalue weighted by molar-refractivity contribution is 1.18. The Labute approximate surface area is 313 Å². The predicted octanol–water partition coefficient (Wildman–Crippen LogP) is 14.5. The number of nitrogens with zero attached hydrogens (tertiary/aromatic N) is 2. The van der Waals surface area contributed by atoms with Gasteiger partial charge in [-0.2, -0.15) is 0 Å². The molecule has 2 heteroatoms. The van der Waals surface area contributed by atoms with Gasteiger partial charge in [-0.3, -0.25) is 0 Å². The largest absolute Gasteiger partial charge is 0.309 e. The van der Waals surface area contributed by atoms with E-state index in [2.05, 4.69) is 216 Å². The van der Waals surface area contributed by atoms with Crippen LogP contribution >= 0.6 is 0 Å². The molecule has 0 bridgehead atoms. The predicted molar refractivity (Wildman–Crippen MR) is 231 cm³/mol. The molecule has 10 aromatic carbocycles. The Balaban J connectivity index is 1.22. The van der Waals surface area contributed by atoms with Gasteiger partial charge in [-0.1, -0.05) is 158 Å². The fourth-order valence-corrected chi connectivity index (χ4v) is 8.77. The molecule has 0 saturated heterocycles. The Morgan fingerprint density at radius 3 is 1.78 bits per heavy atom. The third-order valence-electron chi connectivity index (χ3n) is 11.1. The van der Waals surface area contributed by atoms with Crippen LogP contribution in [0.15, 0.2) is 206 Å². The number of hydrogen-bond acceptors (Lipinski definition) is 1. The highest BCUT2D eigenvalue weighted by Crippen LogP contribution is 2.47. The normalized spacial score (nSPS) is 11.7. The quantitative estimate of drug-likeness (QED) is 0.164. The van der Waals surface area contributed by atoms with Crippen LogP contribution in [0.2, 0.25) is 0 Å². The van der Waals surface area contributed by atoms with Crippen LogP contribution in [0.5, 0.6) is 0 Å². The molecular weight excluding hydrogens is 653 g/mol. The Morgan fingerprint density at radius 1 is 0.333 bits per heavy atom. The molecule has 0 aliphatic heterocycles. The number of benzene rings is 10. The fourth-order valence-electron chi connectivity index (χ4n) is 8.77. The second-order valence-corrected chi connectivity index (χ2v) is 14.1. The first kappa shape index (κ1) is 30.5. The molecule has 11 rings (SSSR count). The lowest BCUT2D eigenvalue weighted by atomic mass is 9.95. The highest BCUT2D eigenvalue weighted by Gasteiger charge is 2.22. The van der Waals surface area contributed by atoms with Crippen LogP contribution in [-0.2, 0) is 0 Å². The van der Waals surface area contributed by atoms with E-state index in [1.54, 1.807) is 0 Å². The molecule has 0 spiro atoms. The topological polar surface area (TPSA) is 8.17 Å². The van der Waals surface area contributed by atoms with Crippen LogP contribution in [0.25, 0.3) is 81.7 Å². The monoisotopic (exact) mass is 686 g/mol. The SMILES string of the molecule is c1ccc(-n2c3cccc(-c4cccc(N(c5cccc6ccccc56)c5cc6ccccc6c6ccccc56)c4)c3c3c4ccccc4ccc32)cc1. The number of hydrogen-bond donors (Lipinski definition) is 0. The molecule has 2 nitrogen and oxygen atoms in total. The molecule has 0 amide bonds. The number of rotatable bonds is 5. The zero-order valence-electron chi connectivity index (χ0n) is 29.5. The maximum atomic E-state index is 2.48. The van der Waals surface area contributed by atoms with Crippen LogP contribution in [0.4, 0.5) is 17.1 Å². The van der Waals surface area contributed by atoms with Crippen molar-refractivity contribution in [2.24, 2.45) is 0 Å². The van der Waals surface area contributed by atoms with Crippen molar-refractivity contribution in [3.05, 3.63) is 206 Å². The smallest absolute Gasteiger partial charge is 0.0547 e. The molecule has 0 fully saturated rings. The second-order valence-electron chi connectivity index (χ2n) is 14.1. The first-order valence-corrected chi connectivity index (χ1v) is 18.6. The van der Waals surface area contributed by atoms with E-state index in [1.165, 1.54) is 76.0 Å². The molecule has 0 saturated carbocycles. The summed E-state index contributed by atoms with van der Waals surface area (Å²) in [4.78, 5) is 2.48. The van der Waals surface area contributed by atoms with Crippen LogP contribution in [0, 0.1) is 0 Å². The van der Waals surface area contributed by atoms with Gasteiger partial charge in [0.1, 0.15) is 0 Å². The zero-order valence-corrected chi connectivity index (χ0v) is 29.5. The van der Waals surface area contributed by atoms with Crippen molar-refractivity contribution >= 4 is 82.0 Å². The molecule has 0 aliphatic carbocycles. The summed E-state index contributed by atoms with van der Waals surface area (Å²) in [6.07, 6.45) is 0. The van der Waals surface area contributed by atoms with Gasteiger partial charge in [0, 0.05) is 32.9 Å². The summed E-state index contributed by atoms with van der Waals surface area (Å²) in [7, 11) is 0. The summed E-state index contributed by atoms with van der Waals surface area (Å²) >= 11 is 0. The van der Waals surface area contributed by atoms with E-state index in [4.69, 9.17) is 0 Å². The van der Waals surface area contributed by atoms with Crippen molar-refractivity contribution in [3.63, 3.8) is 0 Å². The molecular formula is C52H34N2. The van der Waals surface area contributed by atoms with Crippen LogP contribution in [0.1, 0.15) is 0 Å². The van der Waals surface area contributed by atoms with Crippen LogP contribution in [-0.4, -0.2) is 4.57 Å². The summed E-state index contributed by atoms with van der Waals surface area (Å²) < 4.78 is 2.42. The molecule has 252 valence electrons. The molecule has 0 atom stereocenters. The van der Waals surface area contributed by atoms with E-state index in [9.17, 15) is 0 Å². The zero-order chi connectivity index (χ0) is 35.6. The number of anilines is 3. The van der Waals surface area contributed by atoms with E-state index < -0.39 is 0 Å². The maximum Gasteiger partial charge on any atom is 0.0547 e. The third-order valence-corrected chi connectivity index (χ3v) is 11.1. The maximum absolute atomic E-state index is 2.48. The van der Waals surface area contributed by atoms with Crippen molar-refractivity contribution in [2.45, 2.75) is 0 Å². The second kappa shape index (κ2) is 12.2.